The summed E-state index contributed by atoms with van der Waals surface area (Å²) in [6.45, 7) is 4.57. The lowest BCUT2D eigenvalue weighted by atomic mass is 9.84. The van der Waals surface area contributed by atoms with E-state index in [1.807, 2.05) is 13.8 Å². The van der Waals surface area contributed by atoms with Gasteiger partial charge < -0.3 is 16.4 Å². The van der Waals surface area contributed by atoms with Gasteiger partial charge in [-0.2, -0.15) is 0 Å². The molecule has 28 heavy (non-hydrogen) atoms. The Hall–Kier alpha value is -3.03. The monoisotopic (exact) mass is 385 g/mol. The molecule has 1 saturated carbocycles. The Labute approximate surface area is 162 Å². The zero-order valence-electron chi connectivity index (χ0n) is 15.9. The van der Waals surface area contributed by atoms with Crippen LogP contribution in [-0.4, -0.2) is 34.4 Å². The highest BCUT2D eigenvalue weighted by atomic mass is 19.1. The molecular weight excluding hydrogens is 361 g/mol. The molecule has 2 aromatic rings. The van der Waals surface area contributed by atoms with Crippen LogP contribution in [-0.2, 0) is 10.2 Å². The third kappa shape index (κ3) is 4.82. The van der Waals surface area contributed by atoms with Gasteiger partial charge >= 0.3 is 0 Å². The number of nitrogens with two attached hydrogens (primary N) is 1. The van der Waals surface area contributed by atoms with E-state index in [9.17, 15) is 14.0 Å². The third-order valence-corrected chi connectivity index (χ3v) is 4.91. The Kier molecular flexibility index (Phi) is 5.58. The summed E-state index contributed by atoms with van der Waals surface area (Å²) in [4.78, 5) is 32.1. The largest absolute Gasteiger partial charge is 0.368 e. The van der Waals surface area contributed by atoms with Crippen molar-refractivity contribution < 1.29 is 14.0 Å². The number of primary amides is 1. The molecule has 2 amide bonds. The molecule has 0 saturated heterocycles. The third-order valence-electron chi connectivity index (χ3n) is 4.91. The Bertz CT molecular complexity index is 848. The number of rotatable bonds is 8. The number of benzene rings is 1. The molecule has 1 aliphatic carbocycles. The molecular formula is C20H24FN5O2. The van der Waals surface area contributed by atoms with Crippen LogP contribution in [0.5, 0.6) is 0 Å². The summed E-state index contributed by atoms with van der Waals surface area (Å²) in [5.41, 5.74) is 6.32. The van der Waals surface area contributed by atoms with Crippen LogP contribution in [0, 0.1) is 11.7 Å². The van der Waals surface area contributed by atoms with Crippen LogP contribution >= 0.6 is 0 Å². The van der Waals surface area contributed by atoms with E-state index in [4.69, 9.17) is 5.73 Å². The summed E-state index contributed by atoms with van der Waals surface area (Å²) in [6, 6.07) is 5.71. The lowest BCUT2D eigenvalue weighted by Gasteiger charge is -2.25. The van der Waals surface area contributed by atoms with Gasteiger partial charge in [-0.3, -0.25) is 9.59 Å². The smallest absolute Gasteiger partial charge is 0.255 e. The maximum absolute atomic E-state index is 13.1. The van der Waals surface area contributed by atoms with E-state index >= 15 is 0 Å². The van der Waals surface area contributed by atoms with Crippen molar-refractivity contribution in [2.45, 2.75) is 38.1 Å². The molecule has 0 spiro atoms. The van der Waals surface area contributed by atoms with Crippen LogP contribution in [0.1, 0.15) is 42.6 Å². The Balaban J connectivity index is 1.58. The van der Waals surface area contributed by atoms with Gasteiger partial charge in [-0.05, 0) is 36.5 Å². The molecule has 1 fully saturated rings. The van der Waals surface area contributed by atoms with Gasteiger partial charge in [0.2, 0.25) is 11.9 Å². The Morgan fingerprint density at radius 2 is 1.82 bits per heavy atom. The van der Waals surface area contributed by atoms with Crippen LogP contribution in [0.4, 0.5) is 10.3 Å². The average Bonchev–Trinajstić information content (AvgIpc) is 3.50. The minimum Gasteiger partial charge on any atom is -0.368 e. The predicted molar refractivity (Wildman–Crippen MR) is 103 cm³/mol. The number of nitrogens with zero attached hydrogens (tertiary/aromatic N) is 2. The van der Waals surface area contributed by atoms with Crippen LogP contribution in [0.15, 0.2) is 36.7 Å². The average molecular weight is 385 g/mol. The van der Waals surface area contributed by atoms with Crippen molar-refractivity contribution in [1.82, 2.24) is 15.3 Å². The van der Waals surface area contributed by atoms with Crippen molar-refractivity contribution in [3.63, 3.8) is 0 Å². The maximum atomic E-state index is 13.1. The van der Waals surface area contributed by atoms with E-state index in [2.05, 4.69) is 20.6 Å². The van der Waals surface area contributed by atoms with Crippen LogP contribution in [0.25, 0.3) is 0 Å². The summed E-state index contributed by atoms with van der Waals surface area (Å²) < 4.78 is 13.1. The number of nitrogens with one attached hydrogen (secondary N) is 2. The van der Waals surface area contributed by atoms with Crippen molar-refractivity contribution >= 4 is 17.8 Å². The second-order valence-electron chi connectivity index (χ2n) is 7.73. The van der Waals surface area contributed by atoms with E-state index < -0.39 is 17.9 Å². The Morgan fingerprint density at radius 3 is 2.36 bits per heavy atom. The SMILES string of the molecule is CC(C)(CNc1ncc(C(=O)NC(C(N)=O)C2CC2)cn1)c1ccc(F)cc1. The highest BCUT2D eigenvalue weighted by Crippen LogP contribution is 2.32. The van der Waals surface area contributed by atoms with Crippen molar-refractivity contribution in [3.8, 4) is 0 Å². The van der Waals surface area contributed by atoms with E-state index in [0.717, 1.165) is 18.4 Å². The summed E-state index contributed by atoms with van der Waals surface area (Å²) >= 11 is 0. The number of halogens is 1. The molecule has 4 N–H and O–H groups in total. The van der Waals surface area contributed by atoms with Crippen molar-refractivity contribution in [1.29, 1.82) is 0 Å². The first kappa shape index (κ1) is 19.7. The first-order valence-electron chi connectivity index (χ1n) is 9.18. The van der Waals surface area contributed by atoms with Crippen LogP contribution < -0.4 is 16.4 Å². The fourth-order valence-electron chi connectivity index (χ4n) is 2.92. The Morgan fingerprint density at radius 1 is 1.21 bits per heavy atom. The fraction of sp³-hybridized carbons (Fsp3) is 0.400. The minimum absolute atomic E-state index is 0.122. The molecule has 1 aromatic carbocycles. The lowest BCUT2D eigenvalue weighted by molar-refractivity contribution is -0.120. The van der Waals surface area contributed by atoms with Gasteiger partial charge in [0.05, 0.1) is 5.56 Å². The quantitative estimate of drug-likeness (QED) is 0.644. The number of carbonyl (C=O) groups is 2. The summed E-state index contributed by atoms with van der Waals surface area (Å²) in [7, 11) is 0. The van der Waals surface area contributed by atoms with Crippen molar-refractivity contribution in [2.24, 2.45) is 11.7 Å². The van der Waals surface area contributed by atoms with E-state index in [-0.39, 0.29) is 22.7 Å². The molecule has 1 atom stereocenters. The summed E-state index contributed by atoms with van der Waals surface area (Å²) in [5, 5.41) is 5.78. The van der Waals surface area contributed by atoms with Gasteiger partial charge in [0.1, 0.15) is 11.9 Å². The number of hydrogen-bond acceptors (Lipinski definition) is 5. The molecule has 1 unspecified atom stereocenters. The molecule has 3 rings (SSSR count). The van der Waals surface area contributed by atoms with E-state index in [1.54, 1.807) is 12.1 Å². The fourth-order valence-corrected chi connectivity index (χ4v) is 2.92. The van der Waals surface area contributed by atoms with Crippen LogP contribution in [0.2, 0.25) is 0 Å². The molecule has 7 nitrogen and oxygen atoms in total. The lowest BCUT2D eigenvalue weighted by Crippen LogP contribution is -2.46. The topological polar surface area (TPSA) is 110 Å². The van der Waals surface area contributed by atoms with Gasteiger partial charge in [-0.15, -0.1) is 0 Å². The number of anilines is 1. The van der Waals surface area contributed by atoms with Gasteiger partial charge in [0.25, 0.3) is 5.91 Å². The molecule has 0 aliphatic heterocycles. The van der Waals surface area contributed by atoms with Crippen molar-refractivity contribution in [3.05, 3.63) is 53.6 Å². The number of aromatic nitrogens is 2. The molecule has 1 aromatic heterocycles. The second kappa shape index (κ2) is 7.92. The van der Waals surface area contributed by atoms with E-state index in [0.29, 0.717) is 12.5 Å². The van der Waals surface area contributed by atoms with Gasteiger partial charge in [-0.1, -0.05) is 26.0 Å². The van der Waals surface area contributed by atoms with Gasteiger partial charge in [0.15, 0.2) is 0 Å². The summed E-state index contributed by atoms with van der Waals surface area (Å²) in [6.07, 6.45) is 4.58. The molecule has 0 radical (unpaired) electrons. The number of hydrogen-bond donors (Lipinski definition) is 3. The predicted octanol–water partition coefficient (Wildman–Crippen LogP) is 2.00. The zero-order chi connectivity index (χ0) is 20.3. The zero-order valence-corrected chi connectivity index (χ0v) is 15.9. The number of carbonyl (C=O) groups excluding carboxylic acids is 2. The number of amides is 2. The van der Waals surface area contributed by atoms with Gasteiger partial charge in [0, 0.05) is 24.4 Å². The first-order valence-corrected chi connectivity index (χ1v) is 9.18. The molecule has 8 heteroatoms. The normalized spacial score (nSPS) is 15.0. The van der Waals surface area contributed by atoms with E-state index in [1.165, 1.54) is 24.5 Å². The molecule has 0 bridgehead atoms. The molecule has 1 aliphatic rings. The van der Waals surface area contributed by atoms with Gasteiger partial charge in [-0.25, -0.2) is 14.4 Å². The highest BCUT2D eigenvalue weighted by molar-refractivity contribution is 5.97. The second-order valence-corrected chi connectivity index (χ2v) is 7.73. The maximum Gasteiger partial charge on any atom is 0.255 e. The molecule has 1 heterocycles. The van der Waals surface area contributed by atoms with Crippen molar-refractivity contribution in [2.75, 3.05) is 11.9 Å². The van der Waals surface area contributed by atoms with Crippen LogP contribution in [0.3, 0.4) is 0 Å². The first-order chi connectivity index (χ1) is 13.3. The highest BCUT2D eigenvalue weighted by Gasteiger charge is 2.36. The minimum atomic E-state index is -0.651. The molecule has 148 valence electrons. The summed E-state index contributed by atoms with van der Waals surface area (Å²) in [5.74, 6) is -0.727. The standard InChI is InChI=1S/C20H24FN5O2/c1-20(2,14-5-7-15(21)8-6-14)11-25-19-23-9-13(10-24-19)18(28)26-16(17(22)27)12-3-4-12/h5-10,12,16H,3-4,11H2,1-2H3,(H2,22,27)(H,26,28)(H,23,24,25).